The number of para-hydroxylation sites is 1. The van der Waals surface area contributed by atoms with E-state index in [9.17, 15) is 9.59 Å². The van der Waals surface area contributed by atoms with Crippen molar-refractivity contribution in [1.29, 1.82) is 0 Å². The first-order valence-corrected chi connectivity index (χ1v) is 8.38. The molecule has 0 aliphatic carbocycles. The van der Waals surface area contributed by atoms with Crippen LogP contribution in [-0.4, -0.2) is 39.8 Å². The maximum Gasteiger partial charge on any atom is 0.342 e. The van der Waals surface area contributed by atoms with Crippen LogP contribution in [0.25, 0.3) is 0 Å². The van der Waals surface area contributed by atoms with E-state index < -0.39 is 18.5 Å². The third kappa shape index (κ3) is 4.75. The van der Waals surface area contributed by atoms with Gasteiger partial charge in [-0.3, -0.25) is 4.79 Å². The predicted molar refractivity (Wildman–Crippen MR) is 101 cm³/mol. The lowest BCUT2D eigenvalue weighted by atomic mass is 10.1. The van der Waals surface area contributed by atoms with Crippen molar-refractivity contribution >= 4 is 40.8 Å². The molecule has 0 atom stereocenters. The third-order valence-corrected chi connectivity index (χ3v) is 4.12. The molecular weight excluding hydrogens is 397 g/mol. The number of halogens is 2. The number of hydrogen-bond acceptors (Lipinski definition) is 6. The van der Waals surface area contributed by atoms with E-state index in [1.54, 1.807) is 18.2 Å². The number of amides is 1. The average molecular weight is 414 g/mol. The Morgan fingerprint density at radius 2 is 1.56 bits per heavy atom. The number of carbonyl (C=O) groups is 2. The lowest BCUT2D eigenvalue weighted by molar-refractivity contribution is -0.119. The van der Waals surface area contributed by atoms with Crippen molar-refractivity contribution in [2.75, 3.05) is 33.3 Å². The summed E-state index contributed by atoms with van der Waals surface area (Å²) in [4.78, 5) is 24.4. The zero-order valence-electron chi connectivity index (χ0n) is 14.8. The van der Waals surface area contributed by atoms with E-state index in [2.05, 4.69) is 5.32 Å². The minimum Gasteiger partial charge on any atom is -0.493 e. The Balaban J connectivity index is 2.10. The van der Waals surface area contributed by atoms with Gasteiger partial charge in [0.15, 0.2) is 18.1 Å². The fourth-order valence-electron chi connectivity index (χ4n) is 2.26. The molecule has 9 heteroatoms. The van der Waals surface area contributed by atoms with Crippen molar-refractivity contribution in [3.8, 4) is 17.2 Å². The molecule has 0 bridgehead atoms. The Morgan fingerprint density at radius 3 is 2.11 bits per heavy atom. The fourth-order valence-corrected chi connectivity index (χ4v) is 2.76. The lowest BCUT2D eigenvalue weighted by Gasteiger charge is -2.15. The van der Waals surface area contributed by atoms with Crippen LogP contribution in [0.5, 0.6) is 17.2 Å². The van der Waals surface area contributed by atoms with Gasteiger partial charge < -0.3 is 24.3 Å². The van der Waals surface area contributed by atoms with Crippen LogP contribution in [0.15, 0.2) is 30.3 Å². The Hall–Kier alpha value is -2.64. The molecule has 7 nitrogen and oxygen atoms in total. The highest BCUT2D eigenvalue weighted by Crippen LogP contribution is 2.40. The van der Waals surface area contributed by atoms with E-state index in [1.807, 2.05) is 0 Å². The summed E-state index contributed by atoms with van der Waals surface area (Å²) in [5.41, 5.74) is 0.323. The van der Waals surface area contributed by atoms with Gasteiger partial charge in [-0.05, 0) is 24.3 Å². The number of nitrogens with one attached hydrogen (secondary N) is 1. The molecule has 0 aliphatic heterocycles. The maximum absolute atomic E-state index is 12.4. The molecule has 0 fully saturated rings. The van der Waals surface area contributed by atoms with Gasteiger partial charge in [-0.15, -0.1) is 0 Å². The lowest BCUT2D eigenvalue weighted by Crippen LogP contribution is -2.21. The smallest absolute Gasteiger partial charge is 0.342 e. The van der Waals surface area contributed by atoms with Crippen molar-refractivity contribution in [3.63, 3.8) is 0 Å². The van der Waals surface area contributed by atoms with Crippen LogP contribution in [0.2, 0.25) is 10.0 Å². The van der Waals surface area contributed by atoms with Gasteiger partial charge in [0, 0.05) is 0 Å². The van der Waals surface area contributed by atoms with Gasteiger partial charge in [-0.1, -0.05) is 29.3 Å². The first-order valence-electron chi connectivity index (χ1n) is 7.62. The van der Waals surface area contributed by atoms with Crippen LogP contribution in [0, 0.1) is 0 Å². The molecule has 0 aliphatic rings. The summed E-state index contributed by atoms with van der Waals surface area (Å²) < 4.78 is 20.6. The number of anilines is 1. The number of rotatable bonds is 7. The Labute approximate surface area is 166 Å². The van der Waals surface area contributed by atoms with Crippen molar-refractivity contribution in [2.45, 2.75) is 0 Å². The van der Waals surface area contributed by atoms with E-state index in [1.165, 1.54) is 33.5 Å². The van der Waals surface area contributed by atoms with Crippen LogP contribution < -0.4 is 19.5 Å². The maximum atomic E-state index is 12.4. The van der Waals surface area contributed by atoms with Gasteiger partial charge >= 0.3 is 5.97 Å². The van der Waals surface area contributed by atoms with E-state index in [0.29, 0.717) is 5.75 Å². The highest BCUT2D eigenvalue weighted by Gasteiger charge is 2.22. The second-order valence-corrected chi connectivity index (χ2v) is 5.92. The monoisotopic (exact) mass is 413 g/mol. The van der Waals surface area contributed by atoms with Crippen LogP contribution in [0.3, 0.4) is 0 Å². The molecule has 0 spiro atoms. The van der Waals surface area contributed by atoms with E-state index in [0.717, 1.165) is 0 Å². The largest absolute Gasteiger partial charge is 0.493 e. The summed E-state index contributed by atoms with van der Waals surface area (Å²) in [5, 5.41) is 3.03. The molecule has 0 unspecified atom stereocenters. The van der Waals surface area contributed by atoms with Crippen LogP contribution in [0.4, 0.5) is 5.69 Å². The van der Waals surface area contributed by atoms with Gasteiger partial charge in [0.2, 0.25) is 5.75 Å². The summed E-state index contributed by atoms with van der Waals surface area (Å²) in [5.74, 6) is -0.610. The zero-order valence-corrected chi connectivity index (χ0v) is 16.3. The Bertz CT molecular complexity index is 836. The van der Waals surface area contributed by atoms with Crippen LogP contribution in [0.1, 0.15) is 10.4 Å². The summed E-state index contributed by atoms with van der Waals surface area (Å²) in [6, 6.07) is 7.77. The fraction of sp³-hybridized carbons (Fsp3) is 0.222. The van der Waals surface area contributed by atoms with E-state index in [4.69, 9.17) is 42.1 Å². The summed E-state index contributed by atoms with van der Waals surface area (Å²) in [6.45, 7) is -0.544. The topological polar surface area (TPSA) is 83.1 Å². The number of methoxy groups -OCH3 is 3. The summed E-state index contributed by atoms with van der Waals surface area (Å²) in [7, 11) is 4.25. The van der Waals surface area contributed by atoms with Crippen molar-refractivity contribution in [3.05, 3.63) is 45.9 Å². The molecule has 2 aromatic carbocycles. The minimum absolute atomic E-state index is 0.0822. The van der Waals surface area contributed by atoms with Crippen molar-refractivity contribution < 1.29 is 28.5 Å². The number of esters is 1. The van der Waals surface area contributed by atoms with E-state index >= 15 is 0 Å². The predicted octanol–water partition coefficient (Wildman–Crippen LogP) is 3.81. The molecule has 27 heavy (non-hydrogen) atoms. The molecule has 2 rings (SSSR count). The molecule has 0 aromatic heterocycles. The zero-order chi connectivity index (χ0) is 20.0. The summed E-state index contributed by atoms with van der Waals surface area (Å²) >= 11 is 12.0. The van der Waals surface area contributed by atoms with Gasteiger partial charge in [0.05, 0.1) is 37.1 Å². The first-order chi connectivity index (χ1) is 12.9. The highest BCUT2D eigenvalue weighted by atomic mass is 35.5. The quantitative estimate of drug-likeness (QED) is 0.694. The second kappa shape index (κ2) is 9.34. The third-order valence-electron chi connectivity index (χ3n) is 3.49. The van der Waals surface area contributed by atoms with Crippen LogP contribution in [-0.2, 0) is 9.53 Å². The van der Waals surface area contributed by atoms with Crippen molar-refractivity contribution in [1.82, 2.24) is 0 Å². The Morgan fingerprint density at radius 1 is 0.926 bits per heavy atom. The van der Waals surface area contributed by atoms with Crippen molar-refractivity contribution in [2.24, 2.45) is 0 Å². The van der Waals surface area contributed by atoms with Gasteiger partial charge in [-0.2, -0.15) is 0 Å². The number of benzene rings is 2. The molecule has 1 amide bonds. The molecule has 0 radical (unpaired) electrons. The molecule has 1 N–H and O–H groups in total. The highest BCUT2D eigenvalue weighted by molar-refractivity contribution is 6.39. The average Bonchev–Trinajstić information content (AvgIpc) is 2.67. The number of carbonyl (C=O) groups excluding carboxylic acids is 2. The molecule has 144 valence electrons. The first kappa shape index (κ1) is 20.7. The molecule has 0 saturated carbocycles. The Kier molecular flexibility index (Phi) is 7.15. The minimum atomic E-state index is -0.770. The molecule has 0 heterocycles. The standard InChI is InChI=1S/C18H17Cl2NO6/c1-24-13-8-7-10(16(25-2)17(13)26-3)18(23)27-9-14(22)21-15-11(19)5-4-6-12(15)20/h4-8H,9H2,1-3H3,(H,21,22). The SMILES string of the molecule is COc1ccc(C(=O)OCC(=O)Nc2c(Cl)cccc2Cl)c(OC)c1OC. The second-order valence-electron chi connectivity index (χ2n) is 5.10. The van der Waals surface area contributed by atoms with E-state index in [-0.39, 0.29) is 32.8 Å². The number of ether oxygens (including phenoxy) is 4. The summed E-state index contributed by atoms with van der Waals surface area (Å²) in [6.07, 6.45) is 0. The van der Waals surface area contributed by atoms with Crippen LogP contribution >= 0.6 is 23.2 Å². The van der Waals surface area contributed by atoms with Gasteiger partial charge in [0.1, 0.15) is 5.56 Å². The number of hydrogen-bond donors (Lipinski definition) is 1. The molecule has 2 aromatic rings. The normalized spacial score (nSPS) is 10.1. The molecular formula is C18H17Cl2NO6. The van der Waals surface area contributed by atoms with Gasteiger partial charge in [0.25, 0.3) is 5.91 Å². The molecule has 0 saturated heterocycles. The van der Waals surface area contributed by atoms with Gasteiger partial charge in [-0.25, -0.2) is 4.79 Å².